The first-order chi connectivity index (χ1) is 40.5. The number of hydrogen-bond acceptors (Lipinski definition) is 6. The van der Waals surface area contributed by atoms with Crippen molar-refractivity contribution in [3.05, 3.63) is 85.1 Å². The van der Waals surface area contributed by atoms with Gasteiger partial charge in [-0.25, -0.2) is 0 Å². The third-order valence-electron chi connectivity index (χ3n) is 15.6. The van der Waals surface area contributed by atoms with Crippen LogP contribution in [-0.4, -0.2) is 37.2 Å². The van der Waals surface area contributed by atoms with Gasteiger partial charge in [-0.1, -0.05) is 318 Å². The lowest BCUT2D eigenvalue weighted by molar-refractivity contribution is -0.167. The van der Waals surface area contributed by atoms with Gasteiger partial charge in [0.15, 0.2) is 6.10 Å². The standard InChI is InChI=1S/C76H134O6/c1-4-7-10-13-16-19-22-25-28-29-30-31-32-33-34-35-36-37-38-39-40-41-42-43-44-45-46-47-49-51-54-57-60-63-66-69-75(78)81-72-73(71-80-74(77)68-65-62-59-56-53-50-27-24-21-18-15-12-9-6-3)82-76(79)70-67-64-61-58-55-52-48-26-23-20-17-14-11-8-5-2/h7,10,15-16,18-19,24-28,30-31,48,73H,4-6,8-9,11-14,17,20-23,29,32-47,49-72H2,1-3H3/b10-7-,18-15-,19-16-,27-24-,28-25-,31-30-,48-26-. The van der Waals surface area contributed by atoms with Gasteiger partial charge in [0.25, 0.3) is 0 Å². The van der Waals surface area contributed by atoms with E-state index in [0.29, 0.717) is 19.3 Å². The molecule has 0 aliphatic heterocycles. The number of rotatable bonds is 65. The molecule has 0 aromatic heterocycles. The van der Waals surface area contributed by atoms with Crippen LogP contribution in [0.5, 0.6) is 0 Å². The lowest BCUT2D eigenvalue weighted by Gasteiger charge is -2.18. The van der Waals surface area contributed by atoms with Gasteiger partial charge >= 0.3 is 17.9 Å². The summed E-state index contributed by atoms with van der Waals surface area (Å²) in [6, 6.07) is 0. The van der Waals surface area contributed by atoms with Crippen LogP contribution in [0.15, 0.2) is 85.1 Å². The van der Waals surface area contributed by atoms with Gasteiger partial charge in [0.2, 0.25) is 0 Å². The summed E-state index contributed by atoms with van der Waals surface area (Å²) >= 11 is 0. The maximum Gasteiger partial charge on any atom is 0.306 e. The normalized spacial score (nSPS) is 12.6. The van der Waals surface area contributed by atoms with Crippen LogP contribution >= 0.6 is 0 Å². The molecule has 0 rings (SSSR count). The summed E-state index contributed by atoms with van der Waals surface area (Å²) in [4.78, 5) is 38.3. The second-order valence-electron chi connectivity index (χ2n) is 23.8. The van der Waals surface area contributed by atoms with Crippen LogP contribution in [0, 0.1) is 0 Å². The number of carbonyl (C=O) groups is 3. The molecule has 0 saturated carbocycles. The molecule has 82 heavy (non-hydrogen) atoms. The number of hydrogen-bond donors (Lipinski definition) is 0. The number of unbranched alkanes of at least 4 members (excludes halogenated alkanes) is 40. The first-order valence-corrected chi connectivity index (χ1v) is 35.6. The summed E-state index contributed by atoms with van der Waals surface area (Å²) < 4.78 is 16.9. The van der Waals surface area contributed by atoms with Crippen molar-refractivity contribution in [2.45, 2.75) is 367 Å². The van der Waals surface area contributed by atoms with E-state index in [-0.39, 0.29) is 31.1 Å². The third-order valence-corrected chi connectivity index (χ3v) is 15.6. The van der Waals surface area contributed by atoms with Gasteiger partial charge in [0.1, 0.15) is 13.2 Å². The summed E-state index contributed by atoms with van der Waals surface area (Å²) in [5.74, 6) is -0.884. The smallest absolute Gasteiger partial charge is 0.306 e. The predicted octanol–water partition coefficient (Wildman–Crippen LogP) is 24.6. The molecular formula is C76H134O6. The molecule has 0 N–H and O–H groups in total. The highest BCUT2D eigenvalue weighted by Gasteiger charge is 2.19. The molecule has 0 aliphatic rings. The van der Waals surface area contributed by atoms with E-state index in [1.807, 2.05) is 0 Å². The Labute approximate surface area is 509 Å². The highest BCUT2D eigenvalue weighted by atomic mass is 16.6. The van der Waals surface area contributed by atoms with Crippen LogP contribution in [0.25, 0.3) is 0 Å². The summed E-state index contributed by atoms with van der Waals surface area (Å²) in [5.41, 5.74) is 0. The molecule has 1 unspecified atom stereocenters. The molecule has 6 nitrogen and oxygen atoms in total. The molecule has 0 bridgehead atoms. The van der Waals surface area contributed by atoms with E-state index in [9.17, 15) is 14.4 Å². The van der Waals surface area contributed by atoms with Crippen molar-refractivity contribution < 1.29 is 28.6 Å². The SMILES string of the molecule is CC/C=C\C/C=C\C/C=C\C/C=C\CCCCCCCCCCCCCCCCCCCCCCCCC(=O)OCC(COC(=O)CCCCCCC/C=C\C/C=C\CCCC)OC(=O)CCCCCCC/C=C\CCCCCCCC. The molecule has 0 fully saturated rings. The van der Waals surface area contributed by atoms with Crippen LogP contribution in [0.2, 0.25) is 0 Å². The van der Waals surface area contributed by atoms with Crippen molar-refractivity contribution in [3.8, 4) is 0 Å². The van der Waals surface area contributed by atoms with Crippen LogP contribution in [-0.2, 0) is 28.6 Å². The van der Waals surface area contributed by atoms with E-state index in [4.69, 9.17) is 14.2 Å². The monoisotopic (exact) mass is 1140 g/mol. The van der Waals surface area contributed by atoms with E-state index >= 15 is 0 Å². The fourth-order valence-corrected chi connectivity index (χ4v) is 10.3. The molecule has 0 heterocycles. The zero-order valence-electron chi connectivity index (χ0n) is 54.5. The lowest BCUT2D eigenvalue weighted by atomic mass is 10.0. The molecule has 0 aromatic rings. The van der Waals surface area contributed by atoms with Crippen molar-refractivity contribution in [1.29, 1.82) is 0 Å². The van der Waals surface area contributed by atoms with E-state index in [2.05, 4.69) is 106 Å². The Bertz CT molecular complexity index is 1550. The zero-order chi connectivity index (χ0) is 59.2. The predicted molar refractivity (Wildman–Crippen MR) is 358 cm³/mol. The van der Waals surface area contributed by atoms with Crippen LogP contribution < -0.4 is 0 Å². The van der Waals surface area contributed by atoms with E-state index in [1.54, 1.807) is 0 Å². The minimum Gasteiger partial charge on any atom is -0.462 e. The summed E-state index contributed by atoms with van der Waals surface area (Å²) in [6.07, 6.45) is 93.4. The van der Waals surface area contributed by atoms with E-state index in [1.165, 1.54) is 205 Å². The molecule has 6 heteroatoms. The number of allylic oxidation sites excluding steroid dienone is 14. The van der Waals surface area contributed by atoms with Gasteiger partial charge in [-0.2, -0.15) is 0 Å². The first kappa shape index (κ1) is 78.6. The Hall–Kier alpha value is -3.41. The molecule has 0 radical (unpaired) electrons. The molecule has 0 saturated heterocycles. The maximum absolute atomic E-state index is 12.9. The fraction of sp³-hybridized carbons (Fsp3) is 0.776. The second-order valence-corrected chi connectivity index (χ2v) is 23.8. The van der Waals surface area contributed by atoms with Gasteiger partial charge in [-0.3, -0.25) is 14.4 Å². The minimum atomic E-state index is -0.785. The molecule has 474 valence electrons. The van der Waals surface area contributed by atoms with Crippen molar-refractivity contribution >= 4 is 17.9 Å². The van der Waals surface area contributed by atoms with Gasteiger partial charge < -0.3 is 14.2 Å². The Morgan fingerprint density at radius 1 is 0.256 bits per heavy atom. The van der Waals surface area contributed by atoms with E-state index in [0.717, 1.165) is 116 Å². The number of ether oxygens (including phenoxy) is 3. The molecule has 1 atom stereocenters. The Kier molecular flexibility index (Phi) is 67.2. The largest absolute Gasteiger partial charge is 0.462 e. The maximum atomic E-state index is 12.9. The van der Waals surface area contributed by atoms with Crippen molar-refractivity contribution in [2.24, 2.45) is 0 Å². The summed E-state index contributed by atoms with van der Waals surface area (Å²) in [7, 11) is 0. The summed E-state index contributed by atoms with van der Waals surface area (Å²) in [6.45, 7) is 6.50. The number of esters is 3. The molecule has 0 aliphatic carbocycles. The zero-order valence-corrected chi connectivity index (χ0v) is 54.5. The topological polar surface area (TPSA) is 78.9 Å². The van der Waals surface area contributed by atoms with Crippen LogP contribution in [0.1, 0.15) is 361 Å². The molecule has 0 spiro atoms. The van der Waals surface area contributed by atoms with Gasteiger partial charge in [-0.15, -0.1) is 0 Å². The Morgan fingerprint density at radius 2 is 0.488 bits per heavy atom. The molecule has 0 aromatic carbocycles. The minimum absolute atomic E-state index is 0.0797. The summed E-state index contributed by atoms with van der Waals surface area (Å²) in [5, 5.41) is 0. The van der Waals surface area contributed by atoms with Gasteiger partial charge in [0.05, 0.1) is 0 Å². The third kappa shape index (κ3) is 67.4. The fourth-order valence-electron chi connectivity index (χ4n) is 10.3. The highest BCUT2D eigenvalue weighted by molar-refractivity contribution is 5.71. The van der Waals surface area contributed by atoms with Crippen LogP contribution in [0.4, 0.5) is 0 Å². The average Bonchev–Trinajstić information content (AvgIpc) is 3.48. The second kappa shape index (κ2) is 70.1. The van der Waals surface area contributed by atoms with Gasteiger partial charge in [-0.05, 0) is 109 Å². The van der Waals surface area contributed by atoms with Crippen molar-refractivity contribution in [2.75, 3.05) is 13.2 Å². The lowest BCUT2D eigenvalue weighted by Crippen LogP contribution is -2.30. The average molecular weight is 1140 g/mol. The molecular weight excluding hydrogens is 1010 g/mol. The Morgan fingerprint density at radius 3 is 0.793 bits per heavy atom. The number of carbonyl (C=O) groups excluding carboxylic acids is 3. The molecule has 0 amide bonds. The highest BCUT2D eigenvalue weighted by Crippen LogP contribution is 2.18. The Balaban J connectivity index is 4.11. The first-order valence-electron chi connectivity index (χ1n) is 35.6. The quantitative estimate of drug-likeness (QED) is 0.0261. The van der Waals surface area contributed by atoms with Crippen molar-refractivity contribution in [3.63, 3.8) is 0 Å². The van der Waals surface area contributed by atoms with Gasteiger partial charge in [0, 0.05) is 19.3 Å². The van der Waals surface area contributed by atoms with Crippen molar-refractivity contribution in [1.82, 2.24) is 0 Å². The van der Waals surface area contributed by atoms with E-state index < -0.39 is 6.10 Å². The van der Waals surface area contributed by atoms with Crippen LogP contribution in [0.3, 0.4) is 0 Å².